The number of hydrogen-bond donors (Lipinski definition) is 1. The summed E-state index contributed by atoms with van der Waals surface area (Å²) in [4.78, 5) is 17.0. The maximum atomic E-state index is 13.4. The fourth-order valence-electron chi connectivity index (χ4n) is 3.24. The van der Waals surface area contributed by atoms with Crippen LogP contribution in [0.1, 0.15) is 29.6 Å². The molecule has 21 heavy (non-hydrogen) atoms. The summed E-state index contributed by atoms with van der Waals surface area (Å²) < 4.78 is 13.9. The number of piperidine rings is 1. The second kappa shape index (κ2) is 5.93. The van der Waals surface area contributed by atoms with Gasteiger partial charge in [0.15, 0.2) is 0 Å². The highest BCUT2D eigenvalue weighted by atomic mass is 79.9. The summed E-state index contributed by atoms with van der Waals surface area (Å²) in [6.07, 6.45) is 3.64. The van der Waals surface area contributed by atoms with E-state index in [0.717, 1.165) is 32.6 Å². The molecule has 1 atom stereocenters. The van der Waals surface area contributed by atoms with Gasteiger partial charge in [0.1, 0.15) is 5.82 Å². The van der Waals surface area contributed by atoms with Crippen LogP contribution < -0.4 is 5.73 Å². The summed E-state index contributed by atoms with van der Waals surface area (Å²) in [6, 6.07) is 3.15. The third-order valence-electron chi connectivity index (χ3n) is 4.44. The zero-order valence-electron chi connectivity index (χ0n) is 11.8. The van der Waals surface area contributed by atoms with E-state index < -0.39 is 5.82 Å². The van der Waals surface area contributed by atoms with Crippen LogP contribution in [0.3, 0.4) is 0 Å². The first-order valence-corrected chi connectivity index (χ1v) is 8.13. The Morgan fingerprint density at radius 2 is 2.10 bits per heavy atom. The Labute approximate surface area is 132 Å². The molecule has 114 valence electrons. The lowest BCUT2D eigenvalue weighted by Gasteiger charge is -2.44. The van der Waals surface area contributed by atoms with E-state index >= 15 is 0 Å². The average Bonchev–Trinajstić information content (AvgIpc) is 2.50. The predicted molar refractivity (Wildman–Crippen MR) is 83.6 cm³/mol. The van der Waals surface area contributed by atoms with Gasteiger partial charge < -0.3 is 10.6 Å². The van der Waals surface area contributed by atoms with Crippen LogP contribution in [0.4, 0.5) is 10.1 Å². The molecule has 0 bridgehead atoms. The maximum Gasteiger partial charge on any atom is 0.255 e. The number of halogens is 2. The van der Waals surface area contributed by atoms with Gasteiger partial charge in [-0.05, 0) is 47.4 Å². The molecule has 2 saturated heterocycles. The number of nitrogens with zero attached hydrogens (tertiary/aromatic N) is 2. The molecular weight excluding hydrogens is 337 g/mol. The molecule has 0 radical (unpaired) electrons. The third-order valence-corrected chi connectivity index (χ3v) is 5.10. The molecule has 2 fully saturated rings. The number of anilines is 1. The molecule has 2 N–H and O–H groups in total. The quantitative estimate of drug-likeness (QED) is 0.787. The topological polar surface area (TPSA) is 49.6 Å². The van der Waals surface area contributed by atoms with Gasteiger partial charge >= 0.3 is 0 Å². The van der Waals surface area contributed by atoms with E-state index in [9.17, 15) is 9.18 Å². The van der Waals surface area contributed by atoms with Gasteiger partial charge in [0.25, 0.3) is 5.91 Å². The Morgan fingerprint density at radius 1 is 1.29 bits per heavy atom. The molecule has 3 rings (SSSR count). The van der Waals surface area contributed by atoms with Crippen LogP contribution in [0.2, 0.25) is 0 Å². The molecular formula is C15H19BrFN3O. The van der Waals surface area contributed by atoms with E-state index in [-0.39, 0.29) is 11.6 Å². The molecule has 0 aliphatic carbocycles. The molecule has 1 amide bonds. The fourth-order valence-corrected chi connectivity index (χ4v) is 3.73. The molecule has 6 heteroatoms. The van der Waals surface area contributed by atoms with Crippen molar-refractivity contribution in [1.29, 1.82) is 0 Å². The largest absolute Gasteiger partial charge is 0.396 e. The second-order valence-electron chi connectivity index (χ2n) is 5.79. The van der Waals surface area contributed by atoms with Crippen LogP contribution in [0.5, 0.6) is 0 Å². The number of carbonyl (C=O) groups excluding carboxylic acids is 1. The highest BCUT2D eigenvalue weighted by molar-refractivity contribution is 9.10. The van der Waals surface area contributed by atoms with Gasteiger partial charge in [-0.15, -0.1) is 0 Å². The van der Waals surface area contributed by atoms with Crippen LogP contribution >= 0.6 is 15.9 Å². The molecule has 0 saturated carbocycles. The molecule has 1 unspecified atom stereocenters. The van der Waals surface area contributed by atoms with E-state index in [0.29, 0.717) is 16.1 Å². The van der Waals surface area contributed by atoms with Crippen LogP contribution in [0.25, 0.3) is 0 Å². The molecule has 4 nitrogen and oxygen atoms in total. The number of amides is 1. The molecule has 2 heterocycles. The molecule has 1 aromatic carbocycles. The number of carbonyl (C=O) groups is 1. The van der Waals surface area contributed by atoms with E-state index in [1.807, 2.05) is 4.90 Å². The zero-order chi connectivity index (χ0) is 15.0. The molecule has 0 aromatic heterocycles. The molecule has 2 aliphatic rings. The van der Waals surface area contributed by atoms with Gasteiger partial charge in [-0.3, -0.25) is 9.69 Å². The highest BCUT2D eigenvalue weighted by Crippen LogP contribution is 2.26. The SMILES string of the molecule is Nc1cc(C(=O)N2CCN3CCCCC3C2)c(Br)cc1F. The van der Waals surface area contributed by atoms with Gasteiger partial charge in [0.05, 0.1) is 11.3 Å². The Hall–Kier alpha value is -1.14. The standard InChI is InChI=1S/C15H19BrFN3O/c16-12-8-13(17)14(18)7-11(12)15(21)20-6-5-19-4-2-1-3-10(19)9-20/h7-8,10H,1-6,9,18H2. The van der Waals surface area contributed by atoms with Crippen molar-refractivity contribution >= 4 is 27.5 Å². The van der Waals surface area contributed by atoms with Crippen molar-refractivity contribution in [3.05, 3.63) is 28.0 Å². The predicted octanol–water partition coefficient (Wildman–Crippen LogP) is 2.48. The van der Waals surface area contributed by atoms with Crippen LogP contribution in [-0.4, -0.2) is 47.9 Å². The summed E-state index contributed by atoms with van der Waals surface area (Å²) in [6.45, 7) is 3.53. The molecule has 0 spiro atoms. The third kappa shape index (κ3) is 2.92. The van der Waals surface area contributed by atoms with E-state index in [4.69, 9.17) is 5.73 Å². The van der Waals surface area contributed by atoms with Gasteiger partial charge in [-0.25, -0.2) is 4.39 Å². The Morgan fingerprint density at radius 3 is 2.90 bits per heavy atom. The summed E-state index contributed by atoms with van der Waals surface area (Å²) in [7, 11) is 0. The first-order valence-electron chi connectivity index (χ1n) is 7.34. The van der Waals surface area contributed by atoms with E-state index in [1.165, 1.54) is 25.0 Å². The number of fused-ring (bicyclic) bond motifs is 1. The van der Waals surface area contributed by atoms with Crippen LogP contribution in [0, 0.1) is 5.82 Å². The summed E-state index contributed by atoms with van der Waals surface area (Å²) in [5.41, 5.74) is 6.04. The van der Waals surface area contributed by atoms with Crippen molar-refractivity contribution in [1.82, 2.24) is 9.80 Å². The smallest absolute Gasteiger partial charge is 0.255 e. The number of nitrogen functional groups attached to an aromatic ring is 1. The van der Waals surface area contributed by atoms with Crippen molar-refractivity contribution in [2.24, 2.45) is 0 Å². The van der Waals surface area contributed by atoms with Crippen molar-refractivity contribution in [2.75, 3.05) is 31.9 Å². The minimum Gasteiger partial charge on any atom is -0.396 e. The lowest BCUT2D eigenvalue weighted by atomic mass is 9.99. The summed E-state index contributed by atoms with van der Waals surface area (Å²) in [5.74, 6) is -0.575. The number of rotatable bonds is 1. The summed E-state index contributed by atoms with van der Waals surface area (Å²) >= 11 is 3.26. The van der Waals surface area contributed by atoms with E-state index in [2.05, 4.69) is 20.8 Å². The van der Waals surface area contributed by atoms with Gasteiger partial charge in [0.2, 0.25) is 0 Å². The number of nitrogens with two attached hydrogens (primary N) is 1. The Balaban J connectivity index is 1.78. The number of benzene rings is 1. The Kier molecular flexibility index (Phi) is 4.17. The maximum absolute atomic E-state index is 13.4. The molecule has 2 aliphatic heterocycles. The van der Waals surface area contributed by atoms with Crippen LogP contribution in [0.15, 0.2) is 16.6 Å². The van der Waals surface area contributed by atoms with Gasteiger partial charge in [0, 0.05) is 30.1 Å². The minimum absolute atomic E-state index is 0.0119. The molecule has 1 aromatic rings. The number of hydrogen-bond acceptors (Lipinski definition) is 3. The van der Waals surface area contributed by atoms with Gasteiger partial charge in [-0.2, -0.15) is 0 Å². The first-order chi connectivity index (χ1) is 10.1. The average molecular weight is 356 g/mol. The first kappa shape index (κ1) is 14.8. The van der Waals surface area contributed by atoms with Crippen molar-refractivity contribution < 1.29 is 9.18 Å². The minimum atomic E-state index is -0.504. The van der Waals surface area contributed by atoms with Gasteiger partial charge in [-0.1, -0.05) is 6.42 Å². The number of piperazine rings is 1. The Bertz CT molecular complexity index is 566. The lowest BCUT2D eigenvalue weighted by Crippen LogP contribution is -2.56. The van der Waals surface area contributed by atoms with E-state index in [1.54, 1.807) is 0 Å². The zero-order valence-corrected chi connectivity index (χ0v) is 13.4. The van der Waals surface area contributed by atoms with Crippen molar-refractivity contribution in [2.45, 2.75) is 25.3 Å². The highest BCUT2D eigenvalue weighted by Gasteiger charge is 2.32. The van der Waals surface area contributed by atoms with Crippen LogP contribution in [-0.2, 0) is 0 Å². The fraction of sp³-hybridized carbons (Fsp3) is 0.533. The summed E-state index contributed by atoms with van der Waals surface area (Å²) in [5, 5.41) is 0. The monoisotopic (exact) mass is 355 g/mol. The lowest BCUT2D eigenvalue weighted by molar-refractivity contribution is 0.0372. The van der Waals surface area contributed by atoms with Crippen molar-refractivity contribution in [3.8, 4) is 0 Å². The second-order valence-corrected chi connectivity index (χ2v) is 6.64. The van der Waals surface area contributed by atoms with Crippen molar-refractivity contribution in [3.63, 3.8) is 0 Å². The normalized spacial score (nSPS) is 23.0.